The number of anilines is 1. The molecular weight excluding hydrogens is 342 g/mol. The third-order valence-electron chi connectivity index (χ3n) is 4.32. The van der Waals surface area contributed by atoms with Gasteiger partial charge in [0.15, 0.2) is 11.1 Å². The van der Waals surface area contributed by atoms with E-state index in [2.05, 4.69) is 69.3 Å². The van der Waals surface area contributed by atoms with Crippen molar-refractivity contribution < 1.29 is 0 Å². The molecule has 26 heavy (non-hydrogen) atoms. The molecule has 1 aromatic carbocycles. The first-order valence-electron chi connectivity index (χ1n) is 8.75. The summed E-state index contributed by atoms with van der Waals surface area (Å²) >= 11 is 1.59. The maximum Gasteiger partial charge on any atom is 0.197 e. The highest BCUT2D eigenvalue weighted by molar-refractivity contribution is 7.14. The molecule has 3 heterocycles. The minimum Gasteiger partial charge on any atom is -0.356 e. The van der Waals surface area contributed by atoms with Crippen LogP contribution in [0.2, 0.25) is 0 Å². The summed E-state index contributed by atoms with van der Waals surface area (Å²) in [4.78, 5) is 13.7. The summed E-state index contributed by atoms with van der Waals surface area (Å²) in [5, 5.41) is 9.45. The van der Waals surface area contributed by atoms with Gasteiger partial charge in [-0.2, -0.15) is 0 Å². The fourth-order valence-corrected chi connectivity index (χ4v) is 3.74. The Bertz CT molecular complexity index is 960. The third kappa shape index (κ3) is 3.60. The molecule has 0 bridgehead atoms. The lowest BCUT2D eigenvalue weighted by molar-refractivity contribution is 0.740. The van der Waals surface area contributed by atoms with E-state index >= 15 is 0 Å². The zero-order valence-electron chi connectivity index (χ0n) is 14.9. The maximum atomic E-state index is 4.72. The number of hydrogen-bond acceptors (Lipinski definition) is 6. The van der Waals surface area contributed by atoms with Gasteiger partial charge in [-0.3, -0.25) is 9.98 Å². The number of hydrogen-bond donors (Lipinski definition) is 2. The lowest BCUT2D eigenvalue weighted by Gasteiger charge is -2.14. The highest BCUT2D eigenvalue weighted by atomic mass is 32.1. The lowest BCUT2D eigenvalue weighted by atomic mass is 10.0. The molecule has 2 N–H and O–H groups in total. The summed E-state index contributed by atoms with van der Waals surface area (Å²) in [7, 11) is 0. The first kappa shape index (κ1) is 16.7. The number of pyridine rings is 1. The fourth-order valence-electron chi connectivity index (χ4n) is 3.02. The van der Waals surface area contributed by atoms with E-state index in [9.17, 15) is 0 Å². The Labute approximate surface area is 157 Å². The van der Waals surface area contributed by atoms with Crippen LogP contribution in [0.15, 0.2) is 46.8 Å². The molecule has 6 heteroatoms. The SMILES string of the molecule is Cc1ccc(-c2cccc(-c3csc(NC4=NCCCN4)n3)c2)c(C)n1. The number of aryl methyl sites for hydroxylation is 2. The molecule has 4 rings (SSSR count). The fraction of sp³-hybridized carbons (Fsp3) is 0.250. The molecule has 0 atom stereocenters. The van der Waals surface area contributed by atoms with Crippen LogP contribution in [0.4, 0.5) is 5.13 Å². The highest BCUT2D eigenvalue weighted by Gasteiger charge is 2.10. The molecule has 0 spiro atoms. The van der Waals surface area contributed by atoms with Crippen molar-refractivity contribution in [1.29, 1.82) is 0 Å². The van der Waals surface area contributed by atoms with Crippen molar-refractivity contribution >= 4 is 22.4 Å². The molecule has 0 unspecified atom stereocenters. The Morgan fingerprint density at radius 3 is 2.77 bits per heavy atom. The van der Waals surface area contributed by atoms with Gasteiger partial charge in [0, 0.05) is 41.0 Å². The normalized spacial score (nSPS) is 13.8. The molecule has 1 aliphatic heterocycles. The summed E-state index contributed by atoms with van der Waals surface area (Å²) in [5.41, 5.74) is 6.47. The second-order valence-electron chi connectivity index (χ2n) is 6.34. The minimum absolute atomic E-state index is 0.812. The van der Waals surface area contributed by atoms with Crippen LogP contribution in [0, 0.1) is 13.8 Å². The molecule has 0 amide bonds. The van der Waals surface area contributed by atoms with Crippen molar-refractivity contribution in [3.05, 3.63) is 53.2 Å². The zero-order chi connectivity index (χ0) is 17.9. The van der Waals surface area contributed by atoms with E-state index in [0.717, 1.165) is 64.4 Å². The maximum absolute atomic E-state index is 4.72. The van der Waals surface area contributed by atoms with Crippen LogP contribution < -0.4 is 10.6 Å². The van der Waals surface area contributed by atoms with Gasteiger partial charge in [-0.1, -0.05) is 24.3 Å². The van der Waals surface area contributed by atoms with Crippen molar-refractivity contribution in [1.82, 2.24) is 15.3 Å². The molecule has 0 radical (unpaired) electrons. The number of guanidine groups is 1. The molecule has 2 aromatic heterocycles. The van der Waals surface area contributed by atoms with Gasteiger partial charge < -0.3 is 10.6 Å². The van der Waals surface area contributed by atoms with Gasteiger partial charge in [0.2, 0.25) is 0 Å². The minimum atomic E-state index is 0.812. The van der Waals surface area contributed by atoms with E-state index in [1.807, 2.05) is 6.92 Å². The second kappa shape index (κ2) is 7.25. The smallest absolute Gasteiger partial charge is 0.197 e. The van der Waals surface area contributed by atoms with E-state index in [4.69, 9.17) is 4.98 Å². The van der Waals surface area contributed by atoms with E-state index in [1.54, 1.807) is 11.3 Å². The average Bonchev–Trinajstić information content (AvgIpc) is 3.11. The van der Waals surface area contributed by atoms with Crippen LogP contribution >= 0.6 is 11.3 Å². The van der Waals surface area contributed by atoms with Gasteiger partial charge >= 0.3 is 0 Å². The predicted octanol–water partition coefficient (Wildman–Crippen LogP) is 4.25. The van der Waals surface area contributed by atoms with Crippen molar-refractivity contribution in [3.63, 3.8) is 0 Å². The summed E-state index contributed by atoms with van der Waals surface area (Å²) in [5.74, 6) is 0.812. The average molecular weight is 363 g/mol. The topological polar surface area (TPSA) is 62.2 Å². The summed E-state index contributed by atoms with van der Waals surface area (Å²) in [6, 6.07) is 12.7. The van der Waals surface area contributed by atoms with Gasteiger partial charge in [-0.05, 0) is 38.0 Å². The molecule has 0 aliphatic carbocycles. The molecule has 132 valence electrons. The largest absolute Gasteiger partial charge is 0.356 e. The van der Waals surface area contributed by atoms with Crippen molar-refractivity contribution in [2.75, 3.05) is 18.4 Å². The van der Waals surface area contributed by atoms with E-state index in [1.165, 1.54) is 0 Å². The van der Waals surface area contributed by atoms with E-state index in [0.29, 0.717) is 0 Å². The van der Waals surface area contributed by atoms with Crippen LogP contribution in [0.25, 0.3) is 22.4 Å². The number of benzene rings is 1. The van der Waals surface area contributed by atoms with Crippen molar-refractivity contribution in [2.24, 2.45) is 4.99 Å². The highest BCUT2D eigenvalue weighted by Crippen LogP contribution is 2.30. The second-order valence-corrected chi connectivity index (χ2v) is 7.20. The zero-order valence-corrected chi connectivity index (χ0v) is 15.7. The van der Waals surface area contributed by atoms with Crippen LogP contribution in [-0.4, -0.2) is 29.0 Å². The quantitative estimate of drug-likeness (QED) is 0.730. The van der Waals surface area contributed by atoms with Gasteiger partial charge in [-0.25, -0.2) is 4.98 Å². The third-order valence-corrected chi connectivity index (χ3v) is 5.08. The predicted molar refractivity (Wildman–Crippen MR) is 109 cm³/mol. The summed E-state index contributed by atoms with van der Waals surface area (Å²) in [6.45, 7) is 5.88. The molecule has 1 aliphatic rings. The Kier molecular flexibility index (Phi) is 4.67. The van der Waals surface area contributed by atoms with Gasteiger partial charge in [-0.15, -0.1) is 11.3 Å². The first-order valence-corrected chi connectivity index (χ1v) is 9.63. The van der Waals surface area contributed by atoms with Crippen LogP contribution in [-0.2, 0) is 0 Å². The van der Waals surface area contributed by atoms with Gasteiger partial charge in [0.25, 0.3) is 0 Å². The lowest BCUT2D eigenvalue weighted by Crippen LogP contribution is -2.35. The first-order chi connectivity index (χ1) is 12.7. The van der Waals surface area contributed by atoms with Crippen LogP contribution in [0.5, 0.6) is 0 Å². The summed E-state index contributed by atoms with van der Waals surface area (Å²) < 4.78 is 0. The van der Waals surface area contributed by atoms with E-state index < -0.39 is 0 Å². The van der Waals surface area contributed by atoms with Gasteiger partial charge in [0.05, 0.1) is 5.69 Å². The molecule has 0 fully saturated rings. The molecule has 5 nitrogen and oxygen atoms in total. The van der Waals surface area contributed by atoms with Crippen LogP contribution in [0.1, 0.15) is 17.8 Å². The number of aromatic nitrogens is 2. The summed E-state index contributed by atoms with van der Waals surface area (Å²) in [6.07, 6.45) is 1.08. The molecule has 0 saturated carbocycles. The number of thiazole rings is 1. The van der Waals surface area contributed by atoms with Gasteiger partial charge in [0.1, 0.15) is 0 Å². The Morgan fingerprint density at radius 1 is 1.08 bits per heavy atom. The Hall–Kier alpha value is -2.73. The number of nitrogens with one attached hydrogen (secondary N) is 2. The van der Waals surface area contributed by atoms with Crippen LogP contribution in [0.3, 0.4) is 0 Å². The molecular formula is C20H21N5S. The standard InChI is InChI=1S/C20H21N5S/c1-13-7-8-17(14(2)23-13)15-5-3-6-16(11-15)18-12-26-20(24-18)25-19-21-9-4-10-22-19/h3,5-8,11-12H,4,9-10H2,1-2H3,(H2,21,22,24,25). The van der Waals surface area contributed by atoms with E-state index in [-0.39, 0.29) is 0 Å². The number of nitrogens with zero attached hydrogens (tertiary/aromatic N) is 3. The Morgan fingerprint density at radius 2 is 1.96 bits per heavy atom. The van der Waals surface area contributed by atoms with Crippen molar-refractivity contribution in [2.45, 2.75) is 20.3 Å². The number of aliphatic imine (C=N–C) groups is 1. The monoisotopic (exact) mass is 363 g/mol. The molecule has 0 saturated heterocycles. The molecule has 3 aromatic rings. The van der Waals surface area contributed by atoms with Crippen molar-refractivity contribution in [3.8, 4) is 22.4 Å². The number of rotatable bonds is 3. The Balaban J connectivity index is 1.60.